The van der Waals surface area contributed by atoms with E-state index in [0.717, 1.165) is 4.34 Å². The van der Waals surface area contributed by atoms with Crippen LogP contribution >= 0.6 is 35.7 Å². The number of carbonyl (C=O) groups is 1. The molecule has 0 aliphatic rings. The molecular weight excluding hydrogens is 228 g/mol. The SMILES string of the molecule is CC(CSc1nnc(S)s1)C(=O)O. The molecule has 0 aliphatic heterocycles. The maximum absolute atomic E-state index is 10.5. The van der Waals surface area contributed by atoms with Crippen LogP contribution in [0.25, 0.3) is 0 Å². The molecule has 0 aromatic carbocycles. The largest absolute Gasteiger partial charge is 0.481 e. The summed E-state index contributed by atoms with van der Waals surface area (Å²) in [6.45, 7) is 1.66. The number of thioether (sulfide) groups is 1. The number of hydrogen-bond donors (Lipinski definition) is 2. The summed E-state index contributed by atoms with van der Waals surface area (Å²) in [6.07, 6.45) is 0. The van der Waals surface area contributed by atoms with Crippen LogP contribution in [0.1, 0.15) is 6.92 Å². The summed E-state index contributed by atoms with van der Waals surface area (Å²) in [5, 5.41) is 16.1. The van der Waals surface area contributed by atoms with E-state index in [2.05, 4.69) is 22.8 Å². The summed E-state index contributed by atoms with van der Waals surface area (Å²) in [6, 6.07) is 0. The topological polar surface area (TPSA) is 63.1 Å². The first-order valence-electron chi connectivity index (χ1n) is 3.47. The Morgan fingerprint density at radius 3 is 2.92 bits per heavy atom. The van der Waals surface area contributed by atoms with Gasteiger partial charge in [-0.25, -0.2) is 0 Å². The van der Waals surface area contributed by atoms with E-state index in [0.29, 0.717) is 10.1 Å². The van der Waals surface area contributed by atoms with Crippen molar-refractivity contribution in [3.63, 3.8) is 0 Å². The number of aliphatic carboxylic acids is 1. The zero-order valence-corrected chi connectivity index (χ0v) is 9.33. The minimum Gasteiger partial charge on any atom is -0.481 e. The smallest absolute Gasteiger partial charge is 0.307 e. The normalized spacial score (nSPS) is 12.8. The second-order valence-electron chi connectivity index (χ2n) is 2.40. The molecule has 1 aromatic heterocycles. The standard InChI is InChI=1S/C6H8N2O2S3/c1-3(4(9)10)2-12-6-8-7-5(11)13-6/h3H,2H2,1H3,(H,7,11)(H,9,10). The molecule has 0 radical (unpaired) electrons. The van der Waals surface area contributed by atoms with Crippen LogP contribution in [0.3, 0.4) is 0 Å². The van der Waals surface area contributed by atoms with Gasteiger partial charge in [0.2, 0.25) is 0 Å². The zero-order valence-electron chi connectivity index (χ0n) is 6.80. The highest BCUT2D eigenvalue weighted by Crippen LogP contribution is 2.25. The average Bonchev–Trinajstić information content (AvgIpc) is 2.47. The fourth-order valence-corrected chi connectivity index (χ4v) is 2.65. The number of hydrogen-bond acceptors (Lipinski definition) is 6. The lowest BCUT2D eigenvalue weighted by Crippen LogP contribution is -2.11. The quantitative estimate of drug-likeness (QED) is 0.614. The van der Waals surface area contributed by atoms with Gasteiger partial charge in [-0.15, -0.1) is 22.8 Å². The van der Waals surface area contributed by atoms with E-state index in [1.54, 1.807) is 6.92 Å². The summed E-state index contributed by atoms with van der Waals surface area (Å²) in [5.41, 5.74) is 0. The van der Waals surface area contributed by atoms with E-state index in [4.69, 9.17) is 5.11 Å². The molecule has 0 bridgehead atoms. The van der Waals surface area contributed by atoms with Gasteiger partial charge < -0.3 is 5.11 Å². The summed E-state index contributed by atoms with van der Waals surface area (Å²) in [7, 11) is 0. The number of nitrogens with zero attached hydrogens (tertiary/aromatic N) is 2. The molecule has 1 aromatic rings. The molecule has 1 atom stereocenters. The van der Waals surface area contributed by atoms with Crippen LogP contribution in [-0.2, 0) is 4.79 Å². The fraction of sp³-hybridized carbons (Fsp3) is 0.500. The van der Waals surface area contributed by atoms with Gasteiger partial charge in [0.1, 0.15) is 0 Å². The predicted molar refractivity (Wildman–Crippen MR) is 54.7 cm³/mol. The summed E-state index contributed by atoms with van der Waals surface area (Å²) >= 11 is 6.75. The Hall–Kier alpha value is -0.270. The molecule has 1 heterocycles. The Labute approximate surface area is 89.2 Å². The Morgan fingerprint density at radius 1 is 1.77 bits per heavy atom. The van der Waals surface area contributed by atoms with Gasteiger partial charge in [0.15, 0.2) is 8.68 Å². The van der Waals surface area contributed by atoms with Gasteiger partial charge in [0.25, 0.3) is 0 Å². The first-order valence-corrected chi connectivity index (χ1v) is 5.72. The molecule has 4 nitrogen and oxygen atoms in total. The minimum absolute atomic E-state index is 0.364. The third-order valence-corrected chi connectivity index (χ3v) is 3.76. The van der Waals surface area contributed by atoms with Crippen LogP contribution < -0.4 is 0 Å². The van der Waals surface area contributed by atoms with Gasteiger partial charge in [-0.1, -0.05) is 30.0 Å². The van der Waals surface area contributed by atoms with Crippen LogP contribution in [0, 0.1) is 5.92 Å². The molecule has 1 rings (SSSR count). The molecule has 72 valence electrons. The van der Waals surface area contributed by atoms with E-state index in [9.17, 15) is 4.79 Å². The Morgan fingerprint density at radius 2 is 2.46 bits per heavy atom. The lowest BCUT2D eigenvalue weighted by atomic mass is 10.2. The summed E-state index contributed by atoms with van der Waals surface area (Å²) < 4.78 is 1.36. The molecule has 0 spiro atoms. The van der Waals surface area contributed by atoms with E-state index in [1.807, 2.05) is 0 Å². The van der Waals surface area contributed by atoms with Crippen molar-refractivity contribution < 1.29 is 9.90 Å². The minimum atomic E-state index is -0.789. The molecular formula is C6H8N2O2S3. The van der Waals surface area contributed by atoms with Gasteiger partial charge in [0.05, 0.1) is 5.92 Å². The maximum atomic E-state index is 10.5. The van der Waals surface area contributed by atoms with Gasteiger partial charge >= 0.3 is 5.97 Å². The second kappa shape index (κ2) is 4.83. The number of thiol groups is 1. The van der Waals surface area contributed by atoms with Gasteiger partial charge in [-0.3, -0.25) is 4.79 Å². The predicted octanol–water partition coefficient (Wildman–Crippen LogP) is 1.64. The Balaban J connectivity index is 2.39. The molecule has 0 saturated heterocycles. The van der Waals surface area contributed by atoms with Crippen molar-refractivity contribution in [3.05, 3.63) is 0 Å². The van der Waals surface area contributed by atoms with Crippen molar-refractivity contribution in [3.8, 4) is 0 Å². The van der Waals surface area contributed by atoms with E-state index >= 15 is 0 Å². The molecule has 13 heavy (non-hydrogen) atoms. The number of carboxylic acids is 1. The molecule has 7 heteroatoms. The lowest BCUT2D eigenvalue weighted by Gasteiger charge is -2.01. The van der Waals surface area contributed by atoms with Crippen molar-refractivity contribution in [2.45, 2.75) is 15.6 Å². The van der Waals surface area contributed by atoms with E-state index in [1.165, 1.54) is 23.1 Å². The van der Waals surface area contributed by atoms with Crippen LogP contribution in [-0.4, -0.2) is 27.0 Å². The van der Waals surface area contributed by atoms with Crippen LogP contribution in [0.4, 0.5) is 0 Å². The van der Waals surface area contributed by atoms with Crippen molar-refractivity contribution in [1.29, 1.82) is 0 Å². The van der Waals surface area contributed by atoms with Crippen LogP contribution in [0.15, 0.2) is 8.68 Å². The highest BCUT2D eigenvalue weighted by Gasteiger charge is 2.12. The van der Waals surface area contributed by atoms with Crippen LogP contribution in [0.5, 0.6) is 0 Å². The first kappa shape index (κ1) is 10.8. The van der Waals surface area contributed by atoms with E-state index < -0.39 is 5.97 Å². The van der Waals surface area contributed by atoms with Crippen molar-refractivity contribution in [2.75, 3.05) is 5.75 Å². The maximum Gasteiger partial charge on any atom is 0.307 e. The van der Waals surface area contributed by atoms with Gasteiger partial charge in [0, 0.05) is 5.75 Å². The average molecular weight is 236 g/mol. The van der Waals surface area contributed by atoms with Crippen molar-refractivity contribution >= 4 is 41.7 Å². The Bertz CT molecular complexity index is 302. The molecule has 0 saturated carbocycles. The number of carboxylic acid groups (broad SMARTS) is 1. The highest BCUT2D eigenvalue weighted by atomic mass is 32.2. The van der Waals surface area contributed by atoms with Crippen LogP contribution in [0.2, 0.25) is 0 Å². The highest BCUT2D eigenvalue weighted by molar-refractivity contribution is 8.01. The Kier molecular flexibility index (Phi) is 4.01. The fourth-order valence-electron chi connectivity index (χ4n) is 0.528. The number of rotatable bonds is 4. The summed E-state index contributed by atoms with van der Waals surface area (Å²) in [5.74, 6) is -0.641. The zero-order chi connectivity index (χ0) is 9.84. The molecule has 0 amide bonds. The third-order valence-electron chi connectivity index (χ3n) is 1.27. The molecule has 1 unspecified atom stereocenters. The summed E-state index contributed by atoms with van der Waals surface area (Å²) in [4.78, 5) is 10.5. The monoisotopic (exact) mass is 236 g/mol. The van der Waals surface area contributed by atoms with Crippen molar-refractivity contribution in [2.24, 2.45) is 5.92 Å². The first-order chi connectivity index (χ1) is 6.09. The molecule has 1 N–H and O–H groups in total. The van der Waals surface area contributed by atoms with E-state index in [-0.39, 0.29) is 5.92 Å². The molecule has 0 fully saturated rings. The van der Waals surface area contributed by atoms with Gasteiger partial charge in [-0.2, -0.15) is 0 Å². The number of aromatic nitrogens is 2. The second-order valence-corrected chi connectivity index (χ2v) is 5.37. The lowest BCUT2D eigenvalue weighted by molar-refractivity contribution is -0.140. The molecule has 0 aliphatic carbocycles. The van der Waals surface area contributed by atoms with Crippen molar-refractivity contribution in [1.82, 2.24) is 10.2 Å². The van der Waals surface area contributed by atoms with Gasteiger partial charge in [-0.05, 0) is 0 Å². The third kappa shape index (κ3) is 3.53.